The van der Waals surface area contributed by atoms with Crippen LogP contribution in [0.2, 0.25) is 0 Å². The zero-order valence-corrected chi connectivity index (χ0v) is 17.2. The number of esters is 1. The lowest BCUT2D eigenvalue weighted by Gasteiger charge is -2.08. The Morgan fingerprint density at radius 3 is 2.30 bits per heavy atom. The lowest BCUT2D eigenvalue weighted by molar-refractivity contribution is 0.0734. The zero-order chi connectivity index (χ0) is 21.6. The number of hydrogen-bond donors (Lipinski definition) is 1. The minimum atomic E-state index is -3.80. The van der Waals surface area contributed by atoms with Crippen molar-refractivity contribution in [1.29, 1.82) is 0 Å². The van der Waals surface area contributed by atoms with E-state index in [1.165, 1.54) is 25.5 Å². The summed E-state index contributed by atoms with van der Waals surface area (Å²) in [4.78, 5) is 14.6. The van der Waals surface area contributed by atoms with E-state index >= 15 is 0 Å². The average molecular weight is 424 g/mol. The van der Waals surface area contributed by atoms with Crippen LogP contribution < -0.4 is 14.3 Å². The number of hydrogen-bond acceptors (Lipinski definition) is 6. The molecule has 3 aromatic carbocycles. The number of rotatable bonds is 7. The summed E-state index contributed by atoms with van der Waals surface area (Å²) in [7, 11) is -2.26. The third-order valence-electron chi connectivity index (χ3n) is 4.16. The first-order chi connectivity index (χ1) is 14.4. The molecule has 0 heterocycles. The Labute approximate surface area is 175 Å². The highest BCUT2D eigenvalue weighted by Gasteiger charge is 2.13. The predicted molar refractivity (Wildman–Crippen MR) is 113 cm³/mol. The number of sulfonamides is 1. The van der Waals surface area contributed by atoms with Crippen molar-refractivity contribution in [3.8, 4) is 11.5 Å². The van der Waals surface area contributed by atoms with E-state index in [0.717, 1.165) is 5.56 Å². The molecular formula is C22H20N2O5S. The second-order valence-electron chi connectivity index (χ2n) is 6.32. The summed E-state index contributed by atoms with van der Waals surface area (Å²) in [5, 5.41) is 3.80. The molecule has 3 rings (SSSR count). The fourth-order valence-corrected chi connectivity index (χ4v) is 3.29. The molecule has 0 radical (unpaired) electrons. The highest BCUT2D eigenvalue weighted by Crippen LogP contribution is 2.19. The Balaban J connectivity index is 1.73. The summed E-state index contributed by atoms with van der Waals surface area (Å²) in [6, 6.07) is 19.6. The Morgan fingerprint density at radius 2 is 1.63 bits per heavy atom. The molecule has 7 nitrogen and oxygen atoms in total. The quantitative estimate of drug-likeness (QED) is 0.271. The van der Waals surface area contributed by atoms with E-state index in [-0.39, 0.29) is 10.6 Å². The van der Waals surface area contributed by atoms with E-state index in [1.54, 1.807) is 60.7 Å². The number of ether oxygens (including phenoxy) is 2. The molecule has 0 amide bonds. The second-order valence-corrected chi connectivity index (χ2v) is 7.98. The van der Waals surface area contributed by atoms with Gasteiger partial charge in [-0.15, -0.1) is 0 Å². The average Bonchev–Trinajstić information content (AvgIpc) is 2.75. The number of methoxy groups -OCH3 is 1. The number of nitrogens with one attached hydrogen (secondary N) is 1. The maximum atomic E-state index is 12.4. The summed E-state index contributed by atoms with van der Waals surface area (Å²) < 4.78 is 35.1. The van der Waals surface area contributed by atoms with Crippen LogP contribution in [0, 0.1) is 6.92 Å². The van der Waals surface area contributed by atoms with Gasteiger partial charge in [-0.25, -0.2) is 9.63 Å². The van der Waals surface area contributed by atoms with E-state index < -0.39 is 16.0 Å². The minimum absolute atomic E-state index is 0.101. The van der Waals surface area contributed by atoms with Crippen LogP contribution in [0.5, 0.6) is 11.5 Å². The maximum Gasteiger partial charge on any atom is 0.343 e. The first kappa shape index (κ1) is 21.1. The summed E-state index contributed by atoms with van der Waals surface area (Å²) in [5.74, 6) is 0.315. The summed E-state index contributed by atoms with van der Waals surface area (Å²) >= 11 is 0. The lowest BCUT2D eigenvalue weighted by Crippen LogP contribution is -2.18. The Bertz CT molecular complexity index is 1150. The van der Waals surface area contributed by atoms with E-state index in [2.05, 4.69) is 9.93 Å². The van der Waals surface area contributed by atoms with Crippen LogP contribution in [-0.4, -0.2) is 27.7 Å². The molecule has 0 saturated heterocycles. The number of carbonyl (C=O) groups is 1. The third kappa shape index (κ3) is 5.24. The van der Waals surface area contributed by atoms with Crippen LogP contribution >= 0.6 is 0 Å². The molecule has 0 aliphatic rings. The smallest absolute Gasteiger partial charge is 0.343 e. The molecule has 3 aromatic rings. The second kappa shape index (κ2) is 9.23. The topological polar surface area (TPSA) is 94.1 Å². The highest BCUT2D eigenvalue weighted by atomic mass is 32.2. The molecule has 8 heteroatoms. The van der Waals surface area contributed by atoms with Crippen molar-refractivity contribution >= 4 is 22.2 Å². The molecule has 0 atom stereocenters. The number of benzene rings is 3. The van der Waals surface area contributed by atoms with Gasteiger partial charge >= 0.3 is 5.97 Å². The van der Waals surface area contributed by atoms with Gasteiger partial charge in [0.15, 0.2) is 0 Å². The SMILES string of the molecule is COc1ccc(C(=O)Oc2ccccc2/C=N\NS(=O)(=O)c2ccc(C)cc2)cc1. The lowest BCUT2D eigenvalue weighted by atomic mass is 10.2. The molecule has 0 aliphatic carbocycles. The van der Waals surface area contributed by atoms with Gasteiger partial charge in [-0.1, -0.05) is 29.8 Å². The number of nitrogens with zero attached hydrogens (tertiary/aromatic N) is 1. The normalized spacial score (nSPS) is 11.3. The molecule has 0 bridgehead atoms. The van der Waals surface area contributed by atoms with Gasteiger partial charge < -0.3 is 9.47 Å². The van der Waals surface area contributed by atoms with Gasteiger partial charge in [0.2, 0.25) is 0 Å². The Morgan fingerprint density at radius 1 is 0.967 bits per heavy atom. The van der Waals surface area contributed by atoms with Gasteiger partial charge in [0.25, 0.3) is 10.0 Å². The summed E-state index contributed by atoms with van der Waals surface area (Å²) in [6.07, 6.45) is 1.28. The molecule has 154 valence electrons. The van der Waals surface area contributed by atoms with Crippen molar-refractivity contribution in [2.24, 2.45) is 5.10 Å². The largest absolute Gasteiger partial charge is 0.497 e. The highest BCUT2D eigenvalue weighted by molar-refractivity contribution is 7.89. The van der Waals surface area contributed by atoms with Gasteiger partial charge in [-0.2, -0.15) is 13.5 Å². The van der Waals surface area contributed by atoms with E-state index in [4.69, 9.17) is 9.47 Å². The monoisotopic (exact) mass is 424 g/mol. The van der Waals surface area contributed by atoms with Crippen LogP contribution in [0.15, 0.2) is 82.8 Å². The van der Waals surface area contributed by atoms with Crippen molar-refractivity contribution in [3.63, 3.8) is 0 Å². The number of hydrazone groups is 1. The predicted octanol–water partition coefficient (Wildman–Crippen LogP) is 3.54. The van der Waals surface area contributed by atoms with Crippen LogP contribution in [0.3, 0.4) is 0 Å². The first-order valence-corrected chi connectivity index (χ1v) is 10.4. The minimum Gasteiger partial charge on any atom is -0.497 e. The molecule has 0 fully saturated rings. The van der Waals surface area contributed by atoms with Gasteiger partial charge in [-0.05, 0) is 55.5 Å². The number of aryl methyl sites for hydroxylation is 1. The molecule has 0 spiro atoms. The Hall–Kier alpha value is -3.65. The van der Waals surface area contributed by atoms with Crippen LogP contribution in [0.1, 0.15) is 21.5 Å². The van der Waals surface area contributed by atoms with Gasteiger partial charge in [0.05, 0.1) is 23.8 Å². The summed E-state index contributed by atoms with van der Waals surface area (Å²) in [5.41, 5.74) is 1.73. The maximum absolute atomic E-state index is 12.4. The van der Waals surface area contributed by atoms with Crippen LogP contribution in [-0.2, 0) is 10.0 Å². The van der Waals surface area contributed by atoms with Crippen molar-refractivity contribution in [1.82, 2.24) is 4.83 Å². The number of carbonyl (C=O) groups excluding carboxylic acids is 1. The van der Waals surface area contributed by atoms with Crippen molar-refractivity contribution in [2.45, 2.75) is 11.8 Å². The molecule has 1 N–H and O–H groups in total. The first-order valence-electron chi connectivity index (χ1n) is 8.96. The van der Waals surface area contributed by atoms with Crippen molar-refractivity contribution in [3.05, 3.63) is 89.5 Å². The molecule has 0 saturated carbocycles. The van der Waals surface area contributed by atoms with Gasteiger partial charge in [0.1, 0.15) is 11.5 Å². The summed E-state index contributed by atoms with van der Waals surface area (Å²) in [6.45, 7) is 1.87. The van der Waals surface area contributed by atoms with E-state index in [9.17, 15) is 13.2 Å². The van der Waals surface area contributed by atoms with Crippen LogP contribution in [0.4, 0.5) is 0 Å². The van der Waals surface area contributed by atoms with E-state index in [1.807, 2.05) is 6.92 Å². The van der Waals surface area contributed by atoms with Crippen molar-refractivity contribution in [2.75, 3.05) is 7.11 Å². The third-order valence-corrected chi connectivity index (χ3v) is 5.39. The Kier molecular flexibility index (Phi) is 6.48. The molecule has 0 unspecified atom stereocenters. The molecule has 0 aliphatic heterocycles. The van der Waals surface area contributed by atoms with Gasteiger partial charge in [0, 0.05) is 5.56 Å². The fourth-order valence-electron chi connectivity index (χ4n) is 2.50. The standard InChI is InChI=1S/C22H20N2O5S/c1-16-7-13-20(14-8-16)30(26,27)24-23-15-18-5-3-4-6-21(18)29-22(25)17-9-11-19(28-2)12-10-17/h3-15,24H,1-2H3/b23-15-. The molecule has 30 heavy (non-hydrogen) atoms. The zero-order valence-electron chi connectivity index (χ0n) is 16.4. The molecule has 0 aromatic heterocycles. The fraction of sp³-hybridized carbons (Fsp3) is 0.0909. The van der Waals surface area contributed by atoms with E-state index in [0.29, 0.717) is 16.9 Å². The van der Waals surface area contributed by atoms with Gasteiger partial charge in [-0.3, -0.25) is 0 Å². The number of para-hydroxylation sites is 1. The van der Waals surface area contributed by atoms with Crippen molar-refractivity contribution < 1.29 is 22.7 Å². The molecular weight excluding hydrogens is 404 g/mol. The van der Waals surface area contributed by atoms with Crippen LogP contribution in [0.25, 0.3) is 0 Å².